The first-order valence-electron chi connectivity index (χ1n) is 8.50. The standard InChI is InChI=1S/C17H25N5O3/c1-11-16(22-14(18-11)5-6-15(19-22)25-4)17(24)21-8-7-13(12(21)2)20(3)9-10-23/h5-6,12-13,23H,7-10H2,1-4H3/t12-,13-/m1/s1. The highest BCUT2D eigenvalue weighted by molar-refractivity contribution is 5.95. The van der Waals surface area contributed by atoms with E-state index in [0.29, 0.717) is 36.0 Å². The Labute approximate surface area is 147 Å². The third-order valence-electron chi connectivity index (χ3n) is 5.03. The number of ether oxygens (including phenoxy) is 1. The number of aryl methyl sites for hydroxylation is 1. The van der Waals surface area contributed by atoms with Gasteiger partial charge in [-0.25, -0.2) is 9.50 Å². The number of aromatic nitrogens is 3. The van der Waals surface area contributed by atoms with Gasteiger partial charge in [0.1, 0.15) is 0 Å². The zero-order valence-corrected chi connectivity index (χ0v) is 15.1. The third kappa shape index (κ3) is 3.07. The quantitative estimate of drug-likeness (QED) is 0.852. The van der Waals surface area contributed by atoms with Crippen LogP contribution in [0.15, 0.2) is 12.1 Å². The fourth-order valence-corrected chi connectivity index (χ4v) is 3.64. The highest BCUT2D eigenvalue weighted by Gasteiger charge is 2.37. The number of aliphatic hydroxyl groups excluding tert-OH is 1. The Balaban J connectivity index is 1.91. The summed E-state index contributed by atoms with van der Waals surface area (Å²) in [5, 5.41) is 13.5. The molecule has 1 fully saturated rings. The van der Waals surface area contributed by atoms with E-state index in [1.807, 2.05) is 18.9 Å². The topological polar surface area (TPSA) is 83.2 Å². The van der Waals surface area contributed by atoms with Gasteiger partial charge in [-0.1, -0.05) is 0 Å². The maximum atomic E-state index is 13.2. The van der Waals surface area contributed by atoms with Crippen LogP contribution in [0.25, 0.3) is 5.65 Å². The second-order valence-electron chi connectivity index (χ2n) is 6.49. The summed E-state index contributed by atoms with van der Waals surface area (Å²) in [4.78, 5) is 21.6. The molecule has 1 aliphatic heterocycles. The minimum absolute atomic E-state index is 0.0552. The van der Waals surface area contributed by atoms with Crippen molar-refractivity contribution >= 4 is 11.6 Å². The molecule has 25 heavy (non-hydrogen) atoms. The Hall–Kier alpha value is -2.19. The number of hydrogen-bond donors (Lipinski definition) is 1. The molecular formula is C17H25N5O3. The van der Waals surface area contributed by atoms with Gasteiger partial charge in [0, 0.05) is 31.2 Å². The van der Waals surface area contributed by atoms with Crippen LogP contribution in [-0.2, 0) is 0 Å². The molecule has 2 atom stereocenters. The summed E-state index contributed by atoms with van der Waals surface area (Å²) in [6, 6.07) is 3.81. The van der Waals surface area contributed by atoms with Crippen molar-refractivity contribution in [3.8, 4) is 5.88 Å². The number of likely N-dealkylation sites (N-methyl/N-ethyl adjacent to an activating group) is 1. The van der Waals surface area contributed by atoms with E-state index in [1.165, 1.54) is 0 Å². The number of nitrogens with zero attached hydrogens (tertiary/aromatic N) is 5. The number of amides is 1. The number of methoxy groups -OCH3 is 1. The summed E-state index contributed by atoms with van der Waals surface area (Å²) in [5.41, 5.74) is 1.76. The Morgan fingerprint density at radius 3 is 2.92 bits per heavy atom. The lowest BCUT2D eigenvalue weighted by Crippen LogP contribution is -2.45. The van der Waals surface area contributed by atoms with Crippen LogP contribution < -0.4 is 4.74 Å². The summed E-state index contributed by atoms with van der Waals surface area (Å²) in [5.74, 6) is 0.368. The van der Waals surface area contributed by atoms with Crippen LogP contribution in [0.1, 0.15) is 29.5 Å². The number of fused-ring (bicyclic) bond motifs is 1. The monoisotopic (exact) mass is 347 g/mol. The van der Waals surface area contributed by atoms with Crippen LogP contribution in [-0.4, -0.2) is 81.3 Å². The van der Waals surface area contributed by atoms with Crippen molar-refractivity contribution in [2.75, 3.05) is 33.9 Å². The first kappa shape index (κ1) is 17.6. The van der Waals surface area contributed by atoms with Gasteiger partial charge < -0.3 is 14.7 Å². The SMILES string of the molecule is COc1ccc2nc(C)c(C(=O)N3CC[C@@H](N(C)CCO)[C@H]3C)n2n1. The van der Waals surface area contributed by atoms with Crippen LogP contribution >= 0.6 is 0 Å². The average molecular weight is 347 g/mol. The highest BCUT2D eigenvalue weighted by Crippen LogP contribution is 2.25. The fourth-order valence-electron chi connectivity index (χ4n) is 3.64. The zero-order valence-electron chi connectivity index (χ0n) is 15.1. The van der Waals surface area contributed by atoms with Gasteiger partial charge in [0.05, 0.1) is 19.4 Å². The van der Waals surface area contributed by atoms with E-state index in [-0.39, 0.29) is 24.6 Å². The second kappa shape index (κ2) is 6.97. The van der Waals surface area contributed by atoms with Crippen molar-refractivity contribution in [1.82, 2.24) is 24.4 Å². The van der Waals surface area contributed by atoms with Crippen molar-refractivity contribution in [2.45, 2.75) is 32.4 Å². The maximum Gasteiger partial charge on any atom is 0.274 e. The van der Waals surface area contributed by atoms with Gasteiger partial charge in [0.15, 0.2) is 11.3 Å². The maximum absolute atomic E-state index is 13.2. The minimum Gasteiger partial charge on any atom is -0.480 e. The Morgan fingerprint density at radius 1 is 1.48 bits per heavy atom. The molecule has 1 amide bonds. The van der Waals surface area contributed by atoms with Crippen molar-refractivity contribution in [2.24, 2.45) is 0 Å². The van der Waals surface area contributed by atoms with Gasteiger partial charge >= 0.3 is 0 Å². The number of likely N-dealkylation sites (tertiary alicyclic amines) is 1. The van der Waals surface area contributed by atoms with Crippen molar-refractivity contribution in [1.29, 1.82) is 0 Å². The molecule has 0 bridgehead atoms. The lowest BCUT2D eigenvalue weighted by Gasteiger charge is -2.30. The Kier molecular flexibility index (Phi) is 4.91. The molecule has 2 aromatic heterocycles. The molecule has 0 aliphatic carbocycles. The van der Waals surface area contributed by atoms with E-state index in [0.717, 1.165) is 6.42 Å². The molecule has 0 unspecified atom stereocenters. The minimum atomic E-state index is -0.0712. The molecule has 3 heterocycles. The highest BCUT2D eigenvalue weighted by atomic mass is 16.5. The third-order valence-corrected chi connectivity index (χ3v) is 5.03. The van der Waals surface area contributed by atoms with Crippen molar-refractivity contribution < 1.29 is 14.6 Å². The molecule has 2 aromatic rings. The molecule has 1 saturated heterocycles. The van der Waals surface area contributed by atoms with Gasteiger partial charge in [0.25, 0.3) is 5.91 Å². The summed E-state index contributed by atoms with van der Waals surface area (Å²) < 4.78 is 6.74. The van der Waals surface area contributed by atoms with Gasteiger partial charge in [-0.2, -0.15) is 0 Å². The predicted molar refractivity (Wildman–Crippen MR) is 92.9 cm³/mol. The lowest BCUT2D eigenvalue weighted by atomic mass is 10.1. The van der Waals surface area contributed by atoms with E-state index in [9.17, 15) is 4.79 Å². The van der Waals surface area contributed by atoms with E-state index in [1.54, 1.807) is 23.8 Å². The van der Waals surface area contributed by atoms with Crippen molar-refractivity contribution in [3.05, 3.63) is 23.5 Å². The van der Waals surface area contributed by atoms with Gasteiger partial charge in [-0.05, 0) is 33.4 Å². The van der Waals surface area contributed by atoms with Crippen LogP contribution in [0.5, 0.6) is 5.88 Å². The van der Waals surface area contributed by atoms with E-state index >= 15 is 0 Å². The summed E-state index contributed by atoms with van der Waals surface area (Å²) in [6.07, 6.45) is 0.885. The van der Waals surface area contributed by atoms with E-state index in [4.69, 9.17) is 9.84 Å². The van der Waals surface area contributed by atoms with Crippen LogP contribution in [0.3, 0.4) is 0 Å². The second-order valence-corrected chi connectivity index (χ2v) is 6.49. The number of imidazole rings is 1. The molecule has 8 heteroatoms. The predicted octanol–water partition coefficient (Wildman–Crippen LogP) is 0.573. The van der Waals surface area contributed by atoms with Gasteiger partial charge in [-0.15, -0.1) is 5.10 Å². The number of hydrogen-bond acceptors (Lipinski definition) is 6. The summed E-state index contributed by atoms with van der Waals surface area (Å²) in [7, 11) is 3.53. The molecule has 0 spiro atoms. The molecule has 0 saturated carbocycles. The van der Waals surface area contributed by atoms with Crippen molar-refractivity contribution in [3.63, 3.8) is 0 Å². The van der Waals surface area contributed by atoms with Crippen LogP contribution in [0, 0.1) is 6.92 Å². The number of carbonyl (C=O) groups excluding carboxylic acids is 1. The fraction of sp³-hybridized carbons (Fsp3) is 0.588. The normalized spacial score (nSPS) is 20.6. The molecule has 3 rings (SSSR count). The van der Waals surface area contributed by atoms with Gasteiger partial charge in [0.2, 0.25) is 5.88 Å². The molecule has 0 radical (unpaired) electrons. The largest absolute Gasteiger partial charge is 0.480 e. The molecule has 1 aliphatic rings. The Bertz CT molecular complexity index is 775. The lowest BCUT2D eigenvalue weighted by molar-refractivity contribution is 0.0697. The smallest absolute Gasteiger partial charge is 0.274 e. The first-order chi connectivity index (χ1) is 12.0. The molecule has 0 aromatic carbocycles. The van der Waals surface area contributed by atoms with Gasteiger partial charge in [-0.3, -0.25) is 9.69 Å². The Morgan fingerprint density at radius 2 is 2.24 bits per heavy atom. The number of aliphatic hydroxyl groups is 1. The summed E-state index contributed by atoms with van der Waals surface area (Å²) >= 11 is 0. The average Bonchev–Trinajstić information content (AvgIpc) is 3.13. The molecule has 8 nitrogen and oxygen atoms in total. The van der Waals surface area contributed by atoms with Crippen LogP contribution in [0.2, 0.25) is 0 Å². The number of rotatable bonds is 5. The molecule has 1 N–H and O–H groups in total. The van der Waals surface area contributed by atoms with E-state index in [2.05, 4.69) is 21.9 Å². The summed E-state index contributed by atoms with van der Waals surface area (Å²) in [6.45, 7) is 5.27. The zero-order chi connectivity index (χ0) is 18.1. The molecular weight excluding hydrogens is 322 g/mol. The number of carbonyl (C=O) groups is 1. The van der Waals surface area contributed by atoms with Crippen LogP contribution in [0.4, 0.5) is 0 Å². The van der Waals surface area contributed by atoms with E-state index < -0.39 is 0 Å². The first-order valence-corrected chi connectivity index (χ1v) is 8.50. The molecule has 136 valence electrons.